The second-order valence-corrected chi connectivity index (χ2v) is 5.38. The SMILES string of the molecule is CCCCCNc1ccc(NC(=O)Cc2ccccc2F)cn1. The van der Waals surface area contributed by atoms with Crippen molar-refractivity contribution in [2.45, 2.75) is 32.6 Å². The van der Waals surface area contributed by atoms with Gasteiger partial charge in [0.15, 0.2) is 0 Å². The molecule has 0 fully saturated rings. The van der Waals surface area contributed by atoms with Gasteiger partial charge in [0.05, 0.1) is 18.3 Å². The van der Waals surface area contributed by atoms with E-state index >= 15 is 0 Å². The lowest BCUT2D eigenvalue weighted by atomic mass is 10.1. The smallest absolute Gasteiger partial charge is 0.228 e. The third-order valence-corrected chi connectivity index (χ3v) is 3.44. The first kappa shape index (κ1) is 16.9. The number of unbranched alkanes of at least 4 members (excludes halogenated alkanes) is 2. The molecule has 2 rings (SSSR count). The number of hydrogen-bond acceptors (Lipinski definition) is 3. The van der Waals surface area contributed by atoms with Gasteiger partial charge in [-0.25, -0.2) is 9.37 Å². The number of aromatic nitrogens is 1. The van der Waals surface area contributed by atoms with Crippen LogP contribution in [0.4, 0.5) is 15.9 Å². The average molecular weight is 315 g/mol. The van der Waals surface area contributed by atoms with Crippen LogP contribution in [0.3, 0.4) is 0 Å². The Bertz CT molecular complexity index is 628. The molecule has 4 nitrogen and oxygen atoms in total. The summed E-state index contributed by atoms with van der Waals surface area (Å²) in [5, 5.41) is 5.96. The number of carbonyl (C=O) groups is 1. The molecule has 0 bridgehead atoms. The first-order chi connectivity index (χ1) is 11.2. The Hall–Kier alpha value is -2.43. The molecular formula is C18H22FN3O. The lowest BCUT2D eigenvalue weighted by Gasteiger charge is -2.08. The van der Waals surface area contributed by atoms with Crippen molar-refractivity contribution in [3.63, 3.8) is 0 Å². The number of halogens is 1. The third-order valence-electron chi connectivity index (χ3n) is 3.44. The number of carbonyl (C=O) groups excluding carboxylic acids is 1. The van der Waals surface area contributed by atoms with Crippen molar-refractivity contribution >= 4 is 17.4 Å². The highest BCUT2D eigenvalue weighted by Crippen LogP contribution is 2.12. The third kappa shape index (κ3) is 5.70. The van der Waals surface area contributed by atoms with E-state index in [1.54, 1.807) is 30.5 Å². The Labute approximate surface area is 136 Å². The summed E-state index contributed by atoms with van der Waals surface area (Å²) in [6, 6.07) is 9.89. The molecule has 0 unspecified atom stereocenters. The van der Waals surface area contributed by atoms with Gasteiger partial charge >= 0.3 is 0 Å². The number of pyridine rings is 1. The van der Waals surface area contributed by atoms with Gasteiger partial charge in [-0.15, -0.1) is 0 Å². The molecular weight excluding hydrogens is 293 g/mol. The van der Waals surface area contributed by atoms with Crippen molar-refractivity contribution in [1.82, 2.24) is 4.98 Å². The molecule has 0 radical (unpaired) electrons. The monoisotopic (exact) mass is 315 g/mol. The Kier molecular flexibility index (Phi) is 6.54. The van der Waals surface area contributed by atoms with E-state index in [0.29, 0.717) is 11.3 Å². The number of rotatable bonds is 8. The molecule has 1 heterocycles. The van der Waals surface area contributed by atoms with Gasteiger partial charge in [0.1, 0.15) is 11.6 Å². The molecule has 5 heteroatoms. The second kappa shape index (κ2) is 8.88. The van der Waals surface area contributed by atoms with Crippen molar-refractivity contribution < 1.29 is 9.18 Å². The largest absolute Gasteiger partial charge is 0.370 e. The minimum atomic E-state index is -0.368. The molecule has 122 valence electrons. The lowest BCUT2D eigenvalue weighted by molar-refractivity contribution is -0.115. The van der Waals surface area contributed by atoms with E-state index in [1.165, 1.54) is 18.9 Å². The van der Waals surface area contributed by atoms with Gasteiger partial charge < -0.3 is 10.6 Å². The zero-order valence-corrected chi connectivity index (χ0v) is 13.3. The van der Waals surface area contributed by atoms with Crippen LogP contribution in [-0.4, -0.2) is 17.4 Å². The zero-order valence-electron chi connectivity index (χ0n) is 13.3. The number of nitrogens with zero attached hydrogens (tertiary/aromatic N) is 1. The molecule has 1 aromatic heterocycles. The quantitative estimate of drug-likeness (QED) is 0.724. The summed E-state index contributed by atoms with van der Waals surface area (Å²) in [5.74, 6) is 0.154. The maximum Gasteiger partial charge on any atom is 0.228 e. The molecule has 1 aromatic carbocycles. The molecule has 0 saturated carbocycles. The van der Waals surface area contributed by atoms with Crippen LogP contribution >= 0.6 is 0 Å². The Morgan fingerprint density at radius 3 is 2.70 bits per heavy atom. The summed E-state index contributed by atoms with van der Waals surface area (Å²) < 4.78 is 13.5. The maximum atomic E-state index is 13.5. The Morgan fingerprint density at radius 1 is 1.17 bits per heavy atom. The number of benzene rings is 1. The number of nitrogens with one attached hydrogen (secondary N) is 2. The highest BCUT2D eigenvalue weighted by Gasteiger charge is 2.08. The van der Waals surface area contributed by atoms with Gasteiger partial charge in [0, 0.05) is 6.54 Å². The fourth-order valence-corrected chi connectivity index (χ4v) is 2.18. The standard InChI is InChI=1S/C18H22FN3O/c1-2-3-6-11-20-17-10-9-15(13-21-17)22-18(23)12-14-7-4-5-8-16(14)19/h4-5,7-10,13H,2-3,6,11-12H2,1H3,(H,20,21)(H,22,23). The lowest BCUT2D eigenvalue weighted by Crippen LogP contribution is -2.15. The molecule has 0 spiro atoms. The van der Waals surface area contributed by atoms with Gasteiger partial charge in [-0.05, 0) is 30.2 Å². The van der Waals surface area contributed by atoms with Crippen LogP contribution in [0.25, 0.3) is 0 Å². The molecule has 1 amide bonds. The zero-order chi connectivity index (χ0) is 16.5. The number of hydrogen-bond donors (Lipinski definition) is 2. The van der Waals surface area contributed by atoms with Gasteiger partial charge in [-0.2, -0.15) is 0 Å². The first-order valence-corrected chi connectivity index (χ1v) is 7.92. The highest BCUT2D eigenvalue weighted by atomic mass is 19.1. The summed E-state index contributed by atoms with van der Waals surface area (Å²) >= 11 is 0. The predicted octanol–water partition coefficient (Wildman–Crippen LogP) is 4.00. The normalized spacial score (nSPS) is 10.3. The summed E-state index contributed by atoms with van der Waals surface area (Å²) in [6.07, 6.45) is 5.09. The van der Waals surface area contributed by atoms with Gasteiger partial charge in [0.25, 0.3) is 0 Å². The summed E-state index contributed by atoms with van der Waals surface area (Å²) in [7, 11) is 0. The van der Waals surface area contributed by atoms with E-state index in [9.17, 15) is 9.18 Å². The second-order valence-electron chi connectivity index (χ2n) is 5.38. The molecule has 2 aromatic rings. The molecule has 0 aliphatic carbocycles. The van der Waals surface area contributed by atoms with E-state index in [-0.39, 0.29) is 18.1 Å². The molecule has 0 aliphatic rings. The van der Waals surface area contributed by atoms with Crippen LogP contribution in [0.2, 0.25) is 0 Å². The molecule has 0 aliphatic heterocycles. The van der Waals surface area contributed by atoms with E-state index in [0.717, 1.165) is 18.8 Å². The average Bonchev–Trinajstić information content (AvgIpc) is 2.55. The van der Waals surface area contributed by atoms with Crippen molar-refractivity contribution in [1.29, 1.82) is 0 Å². The van der Waals surface area contributed by atoms with Crippen LogP contribution in [0.1, 0.15) is 31.7 Å². The molecule has 2 N–H and O–H groups in total. The number of anilines is 2. The summed E-state index contributed by atoms with van der Waals surface area (Å²) in [5.41, 5.74) is 0.984. The van der Waals surface area contributed by atoms with Crippen LogP contribution in [0.15, 0.2) is 42.6 Å². The van der Waals surface area contributed by atoms with E-state index in [4.69, 9.17) is 0 Å². The summed E-state index contributed by atoms with van der Waals surface area (Å²) in [6.45, 7) is 3.05. The molecule has 0 atom stereocenters. The predicted molar refractivity (Wildman–Crippen MR) is 91.0 cm³/mol. The molecule has 0 saturated heterocycles. The minimum Gasteiger partial charge on any atom is -0.370 e. The van der Waals surface area contributed by atoms with Crippen molar-refractivity contribution in [3.8, 4) is 0 Å². The first-order valence-electron chi connectivity index (χ1n) is 7.92. The van der Waals surface area contributed by atoms with Crippen molar-refractivity contribution in [3.05, 3.63) is 54.0 Å². The Balaban J connectivity index is 1.83. The van der Waals surface area contributed by atoms with Crippen LogP contribution < -0.4 is 10.6 Å². The number of amides is 1. The minimum absolute atomic E-state index is 0.00366. The fourth-order valence-electron chi connectivity index (χ4n) is 2.18. The van der Waals surface area contributed by atoms with E-state index in [1.807, 2.05) is 6.07 Å². The van der Waals surface area contributed by atoms with E-state index in [2.05, 4.69) is 22.5 Å². The van der Waals surface area contributed by atoms with Gasteiger partial charge in [-0.3, -0.25) is 4.79 Å². The van der Waals surface area contributed by atoms with Gasteiger partial charge in [-0.1, -0.05) is 38.0 Å². The van der Waals surface area contributed by atoms with Crippen LogP contribution in [-0.2, 0) is 11.2 Å². The van der Waals surface area contributed by atoms with E-state index < -0.39 is 0 Å². The topological polar surface area (TPSA) is 54.0 Å². The van der Waals surface area contributed by atoms with Crippen LogP contribution in [0, 0.1) is 5.82 Å². The highest BCUT2D eigenvalue weighted by molar-refractivity contribution is 5.92. The van der Waals surface area contributed by atoms with Crippen molar-refractivity contribution in [2.24, 2.45) is 0 Å². The molecule has 23 heavy (non-hydrogen) atoms. The van der Waals surface area contributed by atoms with Gasteiger partial charge in [0.2, 0.25) is 5.91 Å². The maximum absolute atomic E-state index is 13.5. The summed E-state index contributed by atoms with van der Waals surface area (Å²) in [4.78, 5) is 16.2. The van der Waals surface area contributed by atoms with Crippen molar-refractivity contribution in [2.75, 3.05) is 17.2 Å². The fraction of sp³-hybridized carbons (Fsp3) is 0.333. The van der Waals surface area contributed by atoms with Crippen LogP contribution in [0.5, 0.6) is 0 Å². The Morgan fingerprint density at radius 2 is 2.00 bits per heavy atom.